The maximum atomic E-state index is 12.0. The van der Waals surface area contributed by atoms with Crippen molar-refractivity contribution in [2.75, 3.05) is 6.61 Å². The van der Waals surface area contributed by atoms with E-state index in [4.69, 9.17) is 10.00 Å². The van der Waals surface area contributed by atoms with E-state index in [1.807, 2.05) is 48.5 Å². The Morgan fingerprint density at radius 3 is 2.62 bits per heavy atom. The third kappa shape index (κ3) is 4.03. The second-order valence-corrected chi connectivity index (χ2v) is 5.86. The van der Waals surface area contributed by atoms with E-state index in [0.29, 0.717) is 15.8 Å². The Bertz CT molecular complexity index is 837. The summed E-state index contributed by atoms with van der Waals surface area (Å²) in [6, 6.07) is 18.6. The molecule has 1 N–H and O–H groups in total. The summed E-state index contributed by atoms with van der Waals surface area (Å²) in [7, 11) is 0. The van der Waals surface area contributed by atoms with Gasteiger partial charge in [-0.2, -0.15) is 5.26 Å². The highest BCUT2D eigenvalue weighted by atomic mass is 32.2. The maximum absolute atomic E-state index is 12.0. The van der Waals surface area contributed by atoms with Crippen LogP contribution < -0.4 is 10.1 Å². The second-order valence-electron chi connectivity index (χ2n) is 4.83. The first kappa shape index (κ1) is 15.8. The van der Waals surface area contributed by atoms with Crippen molar-refractivity contribution in [2.24, 2.45) is 4.99 Å². The van der Waals surface area contributed by atoms with Crippen molar-refractivity contribution in [1.82, 2.24) is 5.32 Å². The summed E-state index contributed by atoms with van der Waals surface area (Å²) in [5, 5.41) is 11.8. The van der Waals surface area contributed by atoms with Crippen LogP contribution in [0.4, 0.5) is 5.69 Å². The zero-order valence-corrected chi connectivity index (χ0v) is 13.4. The number of aliphatic imine (C=N–C) groups is 1. The fourth-order valence-electron chi connectivity index (χ4n) is 2.03. The van der Waals surface area contributed by atoms with Crippen LogP contribution in [0.1, 0.15) is 5.56 Å². The Labute approximate surface area is 143 Å². The number of benzene rings is 2. The minimum atomic E-state index is -0.167. The quantitative estimate of drug-likeness (QED) is 0.868. The molecule has 2 aromatic rings. The van der Waals surface area contributed by atoms with Gasteiger partial charge in [-0.1, -0.05) is 30.3 Å². The number of para-hydroxylation sites is 1. The lowest BCUT2D eigenvalue weighted by Crippen LogP contribution is -2.19. The second kappa shape index (κ2) is 7.49. The third-order valence-corrected chi connectivity index (χ3v) is 4.03. The van der Waals surface area contributed by atoms with Crippen molar-refractivity contribution < 1.29 is 9.53 Å². The maximum Gasteiger partial charge on any atom is 0.264 e. The Hall–Kier alpha value is -3.04. The third-order valence-electron chi connectivity index (χ3n) is 3.12. The monoisotopic (exact) mass is 335 g/mol. The molecular weight excluding hydrogens is 322 g/mol. The molecule has 0 unspecified atom stereocenters. The molecule has 1 saturated heterocycles. The molecule has 1 aliphatic heterocycles. The first-order valence-electron chi connectivity index (χ1n) is 7.19. The normalized spacial score (nSPS) is 16.9. The first-order valence-corrected chi connectivity index (χ1v) is 8.01. The fourth-order valence-corrected chi connectivity index (χ4v) is 2.87. The zero-order valence-electron chi connectivity index (χ0n) is 12.6. The van der Waals surface area contributed by atoms with Crippen molar-refractivity contribution in [1.29, 1.82) is 5.26 Å². The molecule has 3 rings (SSSR count). The molecule has 118 valence electrons. The smallest absolute Gasteiger partial charge is 0.264 e. The van der Waals surface area contributed by atoms with Crippen LogP contribution in [0.5, 0.6) is 5.75 Å². The molecule has 1 amide bonds. The molecule has 1 heterocycles. The Morgan fingerprint density at radius 1 is 1.17 bits per heavy atom. The highest BCUT2D eigenvalue weighted by Crippen LogP contribution is 2.28. The number of nitriles is 1. The molecule has 0 aliphatic carbocycles. The number of nitrogens with one attached hydrogen (secondary N) is 1. The number of ether oxygens (including phenoxy) is 1. The van der Waals surface area contributed by atoms with Gasteiger partial charge >= 0.3 is 0 Å². The van der Waals surface area contributed by atoms with Crippen LogP contribution >= 0.6 is 11.8 Å². The van der Waals surface area contributed by atoms with E-state index in [2.05, 4.69) is 10.3 Å². The Kier molecular flexibility index (Phi) is 4.94. The van der Waals surface area contributed by atoms with Gasteiger partial charge in [-0.3, -0.25) is 4.79 Å². The molecule has 0 radical (unpaired) electrons. The molecule has 1 aliphatic rings. The van der Waals surface area contributed by atoms with E-state index in [1.54, 1.807) is 18.2 Å². The van der Waals surface area contributed by atoms with E-state index in [0.717, 1.165) is 11.3 Å². The molecule has 5 nitrogen and oxygen atoms in total. The minimum Gasteiger partial charge on any atom is -0.479 e. The fraction of sp³-hybridized carbons (Fsp3) is 0.0556. The van der Waals surface area contributed by atoms with Gasteiger partial charge in [0.25, 0.3) is 5.91 Å². The molecule has 0 aromatic heterocycles. The molecule has 0 atom stereocenters. The van der Waals surface area contributed by atoms with Gasteiger partial charge in [0.2, 0.25) is 0 Å². The van der Waals surface area contributed by atoms with Crippen molar-refractivity contribution in [3.8, 4) is 11.8 Å². The standard InChI is InChI=1S/C18H13N3O2S/c19-10-11-23-15-8-6-13(7-9-15)12-16-17(22)21-18(24-16)20-14-4-2-1-3-5-14/h1-9,12H,11H2,(H,20,21,22)/b16-12-. The van der Waals surface area contributed by atoms with E-state index in [-0.39, 0.29) is 12.5 Å². The topological polar surface area (TPSA) is 74.5 Å². The summed E-state index contributed by atoms with van der Waals surface area (Å²) in [6.45, 7) is 0.0119. The number of nitrogens with zero attached hydrogens (tertiary/aromatic N) is 2. The molecule has 24 heavy (non-hydrogen) atoms. The predicted molar refractivity (Wildman–Crippen MR) is 94.8 cm³/mol. The van der Waals surface area contributed by atoms with Gasteiger partial charge in [0, 0.05) is 0 Å². The van der Waals surface area contributed by atoms with Crippen molar-refractivity contribution in [2.45, 2.75) is 0 Å². The van der Waals surface area contributed by atoms with Gasteiger partial charge in [-0.15, -0.1) is 0 Å². The molecule has 6 heteroatoms. The van der Waals surface area contributed by atoms with Crippen LogP contribution in [-0.4, -0.2) is 17.7 Å². The number of carbonyl (C=O) groups excluding carboxylic acids is 1. The average molecular weight is 335 g/mol. The highest BCUT2D eigenvalue weighted by molar-refractivity contribution is 8.18. The van der Waals surface area contributed by atoms with Crippen LogP contribution in [0.25, 0.3) is 6.08 Å². The van der Waals surface area contributed by atoms with Crippen molar-refractivity contribution in [3.63, 3.8) is 0 Å². The molecule has 1 fully saturated rings. The molecule has 0 bridgehead atoms. The van der Waals surface area contributed by atoms with Gasteiger partial charge in [0.1, 0.15) is 11.8 Å². The van der Waals surface area contributed by atoms with Crippen molar-refractivity contribution >= 4 is 34.6 Å². The minimum absolute atomic E-state index is 0.0119. The van der Waals surface area contributed by atoms with Crippen LogP contribution in [-0.2, 0) is 4.79 Å². The SMILES string of the molecule is N#CCOc1ccc(/C=C2\SC(=Nc3ccccc3)NC2=O)cc1. The number of thioether (sulfide) groups is 1. The van der Waals surface area contributed by atoms with Crippen LogP contribution in [0.3, 0.4) is 0 Å². The summed E-state index contributed by atoms with van der Waals surface area (Å²) in [5.74, 6) is 0.452. The number of amides is 1. The average Bonchev–Trinajstić information content (AvgIpc) is 2.94. The molecule has 0 saturated carbocycles. The van der Waals surface area contributed by atoms with E-state index < -0.39 is 0 Å². The van der Waals surface area contributed by atoms with E-state index in [1.165, 1.54) is 11.8 Å². The Balaban J connectivity index is 1.73. The lowest BCUT2D eigenvalue weighted by molar-refractivity contribution is -0.115. The number of hydrogen-bond acceptors (Lipinski definition) is 5. The summed E-state index contributed by atoms with van der Waals surface area (Å²) >= 11 is 1.30. The number of carbonyl (C=O) groups is 1. The highest BCUT2D eigenvalue weighted by Gasteiger charge is 2.23. The largest absolute Gasteiger partial charge is 0.479 e. The van der Waals surface area contributed by atoms with Gasteiger partial charge in [-0.25, -0.2) is 4.99 Å². The lowest BCUT2D eigenvalue weighted by atomic mass is 10.2. The number of amidine groups is 1. The van der Waals surface area contributed by atoms with Gasteiger partial charge < -0.3 is 10.1 Å². The zero-order chi connectivity index (χ0) is 16.8. The lowest BCUT2D eigenvalue weighted by Gasteiger charge is -2.01. The summed E-state index contributed by atoms with van der Waals surface area (Å²) in [4.78, 5) is 17.0. The summed E-state index contributed by atoms with van der Waals surface area (Å²) in [5.41, 5.74) is 1.67. The first-order chi connectivity index (χ1) is 11.7. The predicted octanol–water partition coefficient (Wildman–Crippen LogP) is 3.48. The number of rotatable bonds is 4. The van der Waals surface area contributed by atoms with Crippen molar-refractivity contribution in [3.05, 3.63) is 65.1 Å². The van der Waals surface area contributed by atoms with Gasteiger partial charge in [0.15, 0.2) is 11.8 Å². The van der Waals surface area contributed by atoms with Crippen LogP contribution in [0.15, 0.2) is 64.5 Å². The van der Waals surface area contributed by atoms with E-state index >= 15 is 0 Å². The van der Waals surface area contributed by atoms with Gasteiger partial charge in [0.05, 0.1) is 10.6 Å². The van der Waals surface area contributed by atoms with Crippen LogP contribution in [0, 0.1) is 11.3 Å². The number of hydrogen-bond donors (Lipinski definition) is 1. The molecule has 0 spiro atoms. The Morgan fingerprint density at radius 2 is 1.92 bits per heavy atom. The summed E-state index contributed by atoms with van der Waals surface area (Å²) < 4.78 is 5.20. The van der Waals surface area contributed by atoms with E-state index in [9.17, 15) is 4.79 Å². The van der Waals surface area contributed by atoms with Gasteiger partial charge in [-0.05, 0) is 47.7 Å². The van der Waals surface area contributed by atoms with Crippen LogP contribution in [0.2, 0.25) is 0 Å². The summed E-state index contributed by atoms with van der Waals surface area (Å²) in [6.07, 6.45) is 1.79. The molecule has 2 aromatic carbocycles. The molecular formula is C18H13N3O2S.